The van der Waals surface area contributed by atoms with Crippen molar-refractivity contribution < 1.29 is 4.79 Å². The largest absolute Gasteiger partial charge is 0.361 e. The van der Waals surface area contributed by atoms with Crippen LogP contribution in [0.5, 0.6) is 0 Å². The summed E-state index contributed by atoms with van der Waals surface area (Å²) in [6.07, 6.45) is 5.03. The summed E-state index contributed by atoms with van der Waals surface area (Å²) in [7, 11) is 0. The number of H-pyrrole nitrogens is 2. The zero-order chi connectivity index (χ0) is 16.8. The summed E-state index contributed by atoms with van der Waals surface area (Å²) in [5.41, 5.74) is 5.43. The van der Waals surface area contributed by atoms with Crippen LogP contribution in [0.3, 0.4) is 0 Å². The Morgan fingerprint density at radius 3 is 2.96 bits per heavy atom. The molecule has 4 heteroatoms. The van der Waals surface area contributed by atoms with Crippen molar-refractivity contribution in [2.45, 2.75) is 25.3 Å². The lowest BCUT2D eigenvalue weighted by Crippen LogP contribution is -2.31. The molecule has 0 radical (unpaired) electrons. The highest BCUT2D eigenvalue weighted by molar-refractivity contribution is 5.98. The Kier molecular flexibility index (Phi) is 3.17. The van der Waals surface area contributed by atoms with Gasteiger partial charge in [0.05, 0.1) is 6.04 Å². The number of aromatic amines is 2. The fraction of sp³-hybridized carbons (Fsp3) is 0.190. The highest BCUT2D eigenvalue weighted by Gasteiger charge is 2.25. The molecule has 124 valence electrons. The monoisotopic (exact) mass is 329 g/mol. The van der Waals surface area contributed by atoms with Crippen molar-refractivity contribution in [3.8, 4) is 0 Å². The van der Waals surface area contributed by atoms with Crippen LogP contribution in [-0.4, -0.2) is 15.9 Å². The number of para-hydroxylation sites is 1. The summed E-state index contributed by atoms with van der Waals surface area (Å²) in [6, 6.07) is 16.2. The number of carbonyl (C=O) groups is 1. The van der Waals surface area contributed by atoms with Gasteiger partial charge < -0.3 is 15.3 Å². The van der Waals surface area contributed by atoms with Crippen LogP contribution in [-0.2, 0) is 6.42 Å². The van der Waals surface area contributed by atoms with Crippen LogP contribution in [0.15, 0.2) is 54.7 Å². The highest BCUT2D eigenvalue weighted by atomic mass is 16.1. The summed E-state index contributed by atoms with van der Waals surface area (Å²) in [4.78, 5) is 19.5. The first-order valence-corrected chi connectivity index (χ1v) is 8.77. The second kappa shape index (κ2) is 5.52. The molecule has 2 aromatic carbocycles. The third-order valence-corrected chi connectivity index (χ3v) is 5.24. The van der Waals surface area contributed by atoms with Crippen molar-refractivity contribution in [1.29, 1.82) is 0 Å². The molecular formula is C21H19N3O. The molecule has 0 saturated heterocycles. The number of fused-ring (bicyclic) bond motifs is 4. The van der Waals surface area contributed by atoms with E-state index < -0.39 is 0 Å². The first-order chi connectivity index (χ1) is 12.3. The maximum absolute atomic E-state index is 12.8. The maximum Gasteiger partial charge on any atom is 0.251 e. The van der Waals surface area contributed by atoms with Gasteiger partial charge in [0, 0.05) is 39.3 Å². The molecule has 2 heterocycles. The van der Waals surface area contributed by atoms with E-state index in [1.165, 1.54) is 16.6 Å². The summed E-state index contributed by atoms with van der Waals surface area (Å²) in [5.74, 6) is -0.0143. The van der Waals surface area contributed by atoms with Crippen LogP contribution in [0.2, 0.25) is 0 Å². The van der Waals surface area contributed by atoms with Gasteiger partial charge in [-0.15, -0.1) is 0 Å². The van der Waals surface area contributed by atoms with Gasteiger partial charge in [0.15, 0.2) is 0 Å². The van der Waals surface area contributed by atoms with Gasteiger partial charge in [-0.1, -0.05) is 18.2 Å². The minimum Gasteiger partial charge on any atom is -0.361 e. The molecule has 0 fully saturated rings. The van der Waals surface area contributed by atoms with Crippen molar-refractivity contribution >= 4 is 27.7 Å². The number of amides is 1. The molecule has 0 spiro atoms. The maximum atomic E-state index is 12.8. The molecule has 1 amide bonds. The van der Waals surface area contributed by atoms with Gasteiger partial charge in [0.1, 0.15) is 0 Å². The molecule has 1 aliphatic rings. The molecule has 1 atom stereocenters. The summed E-state index contributed by atoms with van der Waals surface area (Å²) in [5, 5.41) is 5.57. The third-order valence-electron chi connectivity index (χ3n) is 5.24. The SMILES string of the molecule is O=C(N[C@@H]1CCCc2c1[nH]c1ccccc21)c1ccc2[nH]ccc2c1. The van der Waals surface area contributed by atoms with Gasteiger partial charge in [-0.25, -0.2) is 0 Å². The smallest absolute Gasteiger partial charge is 0.251 e. The van der Waals surface area contributed by atoms with E-state index in [2.05, 4.69) is 33.5 Å². The second-order valence-corrected chi connectivity index (χ2v) is 6.76. The Labute approximate surface area is 145 Å². The Morgan fingerprint density at radius 1 is 1.08 bits per heavy atom. The number of rotatable bonds is 2. The van der Waals surface area contributed by atoms with Crippen molar-refractivity contribution in [1.82, 2.24) is 15.3 Å². The molecule has 0 bridgehead atoms. The van der Waals surface area contributed by atoms with E-state index in [0.717, 1.165) is 35.7 Å². The zero-order valence-corrected chi connectivity index (χ0v) is 13.8. The van der Waals surface area contributed by atoms with Gasteiger partial charge >= 0.3 is 0 Å². The number of hydrogen-bond acceptors (Lipinski definition) is 1. The quantitative estimate of drug-likeness (QED) is 0.500. The van der Waals surface area contributed by atoms with E-state index in [-0.39, 0.29) is 11.9 Å². The van der Waals surface area contributed by atoms with Crippen molar-refractivity contribution in [2.75, 3.05) is 0 Å². The number of benzene rings is 2. The van der Waals surface area contributed by atoms with Gasteiger partial charge in [-0.3, -0.25) is 4.79 Å². The average molecular weight is 329 g/mol. The third kappa shape index (κ3) is 2.33. The topological polar surface area (TPSA) is 60.7 Å². The van der Waals surface area contributed by atoms with Crippen LogP contribution < -0.4 is 5.32 Å². The molecule has 0 aliphatic heterocycles. The van der Waals surface area contributed by atoms with Crippen LogP contribution in [0.25, 0.3) is 21.8 Å². The zero-order valence-electron chi connectivity index (χ0n) is 13.8. The van der Waals surface area contributed by atoms with Gasteiger partial charge in [-0.2, -0.15) is 0 Å². The standard InChI is InChI=1S/C21H19N3O/c25-21(14-8-9-17-13(12-14)10-11-22-17)24-19-7-3-5-16-15-4-1-2-6-18(15)23-20(16)19/h1-2,4,6,8-12,19,22-23H,3,5,7H2,(H,24,25)/t19-/m1/s1. The first kappa shape index (κ1) is 14.3. The predicted octanol–water partition coefficient (Wildman–Crippen LogP) is 4.46. The number of carbonyl (C=O) groups excluding carboxylic acids is 1. The van der Waals surface area contributed by atoms with Crippen molar-refractivity contribution in [2.24, 2.45) is 0 Å². The fourth-order valence-electron chi connectivity index (χ4n) is 4.00. The Bertz CT molecular complexity index is 1090. The van der Waals surface area contributed by atoms with Gasteiger partial charge in [0.25, 0.3) is 5.91 Å². The lowest BCUT2D eigenvalue weighted by Gasteiger charge is -2.24. The average Bonchev–Trinajstić information content (AvgIpc) is 3.26. The highest BCUT2D eigenvalue weighted by Crippen LogP contribution is 2.34. The number of hydrogen-bond donors (Lipinski definition) is 3. The van der Waals surface area contributed by atoms with E-state index in [9.17, 15) is 4.79 Å². The van der Waals surface area contributed by atoms with Gasteiger partial charge in [-0.05, 0) is 55.2 Å². The molecular weight excluding hydrogens is 310 g/mol. The fourth-order valence-corrected chi connectivity index (χ4v) is 4.00. The minimum absolute atomic E-state index is 0.0143. The molecule has 2 aromatic heterocycles. The van der Waals surface area contributed by atoms with E-state index in [0.29, 0.717) is 5.56 Å². The predicted molar refractivity (Wildman–Crippen MR) is 99.7 cm³/mol. The molecule has 1 aliphatic carbocycles. The summed E-state index contributed by atoms with van der Waals surface area (Å²) >= 11 is 0. The Morgan fingerprint density at radius 2 is 2.00 bits per heavy atom. The van der Waals surface area contributed by atoms with Crippen molar-refractivity contribution in [3.05, 3.63) is 71.5 Å². The normalized spacial score (nSPS) is 16.9. The van der Waals surface area contributed by atoms with E-state index in [1.54, 1.807) is 0 Å². The molecule has 5 rings (SSSR count). The van der Waals surface area contributed by atoms with E-state index in [1.807, 2.05) is 36.5 Å². The Balaban J connectivity index is 1.47. The van der Waals surface area contributed by atoms with E-state index in [4.69, 9.17) is 0 Å². The number of aryl methyl sites for hydroxylation is 1. The van der Waals surface area contributed by atoms with Crippen molar-refractivity contribution in [3.63, 3.8) is 0 Å². The number of nitrogens with one attached hydrogen (secondary N) is 3. The van der Waals surface area contributed by atoms with Crippen LogP contribution in [0, 0.1) is 0 Å². The minimum atomic E-state index is -0.0143. The van der Waals surface area contributed by atoms with Crippen LogP contribution >= 0.6 is 0 Å². The Hall–Kier alpha value is -3.01. The first-order valence-electron chi connectivity index (χ1n) is 8.77. The molecule has 4 aromatic rings. The molecule has 25 heavy (non-hydrogen) atoms. The summed E-state index contributed by atoms with van der Waals surface area (Å²) in [6.45, 7) is 0. The van der Waals surface area contributed by atoms with Crippen LogP contribution in [0.4, 0.5) is 0 Å². The number of aromatic nitrogens is 2. The van der Waals surface area contributed by atoms with Crippen LogP contribution in [0.1, 0.15) is 40.5 Å². The summed E-state index contributed by atoms with van der Waals surface area (Å²) < 4.78 is 0. The van der Waals surface area contributed by atoms with E-state index >= 15 is 0 Å². The molecule has 0 saturated carbocycles. The lowest BCUT2D eigenvalue weighted by atomic mass is 9.91. The second-order valence-electron chi connectivity index (χ2n) is 6.76. The molecule has 0 unspecified atom stereocenters. The van der Waals surface area contributed by atoms with Gasteiger partial charge in [0.2, 0.25) is 0 Å². The lowest BCUT2D eigenvalue weighted by molar-refractivity contribution is 0.0932. The molecule has 4 nitrogen and oxygen atoms in total. The molecule has 3 N–H and O–H groups in total.